The molecular formula is C6H7BN4O2. The summed E-state index contributed by atoms with van der Waals surface area (Å²) in [6.45, 7) is 0. The van der Waals surface area contributed by atoms with Crippen molar-refractivity contribution in [1.29, 1.82) is 0 Å². The van der Waals surface area contributed by atoms with E-state index in [1.165, 1.54) is 9.69 Å². The predicted molar refractivity (Wildman–Crippen MR) is 44.8 cm³/mol. The zero-order chi connectivity index (χ0) is 8.93. The molecule has 0 aromatic carbocycles. The Morgan fingerprint density at radius 3 is 1.85 bits per heavy atom. The monoisotopic (exact) mass is 178 g/mol. The van der Waals surface area contributed by atoms with E-state index in [4.69, 9.17) is 9.51 Å². The van der Waals surface area contributed by atoms with Gasteiger partial charge in [0, 0.05) is 0 Å². The molecule has 13 heavy (non-hydrogen) atoms. The quantitative estimate of drug-likeness (QED) is 0.557. The van der Waals surface area contributed by atoms with Gasteiger partial charge < -0.3 is 9.51 Å². The van der Waals surface area contributed by atoms with Crippen molar-refractivity contribution < 1.29 is 9.51 Å². The van der Waals surface area contributed by atoms with E-state index in [1.54, 1.807) is 36.9 Å². The van der Waals surface area contributed by atoms with Crippen molar-refractivity contribution in [2.24, 2.45) is 0 Å². The van der Waals surface area contributed by atoms with E-state index in [9.17, 15) is 0 Å². The molecule has 6 nitrogen and oxygen atoms in total. The van der Waals surface area contributed by atoms with Gasteiger partial charge in [-0.2, -0.15) is 0 Å². The SMILES string of the molecule is B(On1cccn1)On1cccn1. The third kappa shape index (κ3) is 2.02. The third-order valence-corrected chi connectivity index (χ3v) is 1.33. The highest BCUT2D eigenvalue weighted by atomic mass is 16.8. The smallest absolute Gasteiger partial charge is 0.422 e. The zero-order valence-electron chi connectivity index (χ0n) is 6.78. The van der Waals surface area contributed by atoms with Gasteiger partial charge in [0.25, 0.3) is 0 Å². The van der Waals surface area contributed by atoms with Crippen molar-refractivity contribution >= 4 is 7.69 Å². The first kappa shape index (κ1) is 7.72. The van der Waals surface area contributed by atoms with Crippen molar-refractivity contribution in [3.63, 3.8) is 0 Å². The molecule has 0 N–H and O–H groups in total. The number of hydrogen-bond donors (Lipinski definition) is 0. The van der Waals surface area contributed by atoms with Crippen molar-refractivity contribution in [2.75, 3.05) is 0 Å². The molecule has 0 saturated heterocycles. The van der Waals surface area contributed by atoms with Crippen LogP contribution in [-0.2, 0) is 0 Å². The lowest BCUT2D eigenvalue weighted by atomic mass is 10.4. The largest absolute Gasteiger partial charge is 0.620 e. The van der Waals surface area contributed by atoms with Crippen LogP contribution in [0, 0.1) is 0 Å². The Morgan fingerprint density at radius 2 is 1.46 bits per heavy atom. The van der Waals surface area contributed by atoms with Gasteiger partial charge in [-0.15, -0.1) is 19.9 Å². The van der Waals surface area contributed by atoms with Crippen molar-refractivity contribution in [3.8, 4) is 0 Å². The summed E-state index contributed by atoms with van der Waals surface area (Å²) in [7, 11) is 0.0589. The average molecular weight is 178 g/mol. The molecule has 2 aromatic rings. The van der Waals surface area contributed by atoms with Gasteiger partial charge in [-0.3, -0.25) is 0 Å². The van der Waals surface area contributed by atoms with Crippen LogP contribution >= 0.6 is 0 Å². The summed E-state index contributed by atoms with van der Waals surface area (Å²) in [6.07, 6.45) is 6.58. The number of aromatic nitrogens is 4. The molecule has 0 atom stereocenters. The fourth-order valence-electron chi connectivity index (χ4n) is 0.794. The van der Waals surface area contributed by atoms with Crippen LogP contribution in [0.3, 0.4) is 0 Å². The van der Waals surface area contributed by atoms with Crippen LogP contribution in [0.25, 0.3) is 0 Å². The van der Waals surface area contributed by atoms with Crippen LogP contribution in [0.2, 0.25) is 0 Å². The highest BCUT2D eigenvalue weighted by molar-refractivity contribution is 6.18. The molecule has 0 fully saturated rings. The van der Waals surface area contributed by atoms with Crippen LogP contribution in [0.5, 0.6) is 0 Å². The van der Waals surface area contributed by atoms with Gasteiger partial charge >= 0.3 is 7.69 Å². The molecule has 0 aliphatic heterocycles. The normalized spacial score (nSPS) is 9.54. The van der Waals surface area contributed by atoms with Gasteiger partial charge in [-0.05, 0) is 12.1 Å². The first-order valence-corrected chi connectivity index (χ1v) is 3.71. The Kier molecular flexibility index (Phi) is 2.17. The van der Waals surface area contributed by atoms with Gasteiger partial charge in [-0.25, -0.2) is 0 Å². The minimum Gasteiger partial charge on any atom is -0.422 e. The topological polar surface area (TPSA) is 54.1 Å². The standard InChI is InChI=1S/C6H7BN4O2/c1-3-8-10(5-1)12-7-13-11-6-2-4-9-11/h1-7H. The summed E-state index contributed by atoms with van der Waals surface area (Å²) in [5.74, 6) is 0. The second-order valence-corrected chi connectivity index (χ2v) is 2.19. The molecule has 2 aromatic heterocycles. The first-order valence-electron chi connectivity index (χ1n) is 3.71. The lowest BCUT2D eigenvalue weighted by Gasteiger charge is -2.04. The van der Waals surface area contributed by atoms with Crippen LogP contribution in [0.4, 0.5) is 0 Å². The summed E-state index contributed by atoms with van der Waals surface area (Å²) < 4.78 is 10.1. The predicted octanol–water partition coefficient (Wildman–Crippen LogP) is -1.10. The Hall–Kier alpha value is -1.92. The molecule has 0 spiro atoms. The fraction of sp³-hybridized carbons (Fsp3) is 0. The van der Waals surface area contributed by atoms with Gasteiger partial charge in [0.05, 0.1) is 24.8 Å². The highest BCUT2D eigenvalue weighted by Gasteiger charge is 1.97. The summed E-state index contributed by atoms with van der Waals surface area (Å²) in [6, 6.07) is 3.52. The Labute approximate surface area is 74.9 Å². The van der Waals surface area contributed by atoms with Crippen LogP contribution in [0.15, 0.2) is 36.9 Å². The van der Waals surface area contributed by atoms with Gasteiger partial charge in [0.15, 0.2) is 0 Å². The first-order chi connectivity index (χ1) is 6.45. The summed E-state index contributed by atoms with van der Waals surface area (Å²) >= 11 is 0. The molecule has 2 rings (SSSR count). The molecule has 66 valence electrons. The lowest BCUT2D eigenvalue weighted by Crippen LogP contribution is -2.27. The average Bonchev–Trinajstić information content (AvgIpc) is 2.75. The maximum atomic E-state index is 5.04. The molecule has 0 aliphatic carbocycles. The minimum atomic E-state index is 0.0589. The Bertz CT molecular complexity index is 299. The third-order valence-electron chi connectivity index (χ3n) is 1.33. The van der Waals surface area contributed by atoms with Gasteiger partial charge in [0.1, 0.15) is 0 Å². The summed E-state index contributed by atoms with van der Waals surface area (Å²) in [4.78, 5) is 2.62. The van der Waals surface area contributed by atoms with Gasteiger partial charge in [0.2, 0.25) is 0 Å². The molecule has 0 saturated carbocycles. The zero-order valence-corrected chi connectivity index (χ0v) is 6.78. The summed E-state index contributed by atoms with van der Waals surface area (Å²) in [5, 5.41) is 7.64. The van der Waals surface area contributed by atoms with Crippen LogP contribution < -0.4 is 9.51 Å². The van der Waals surface area contributed by atoms with E-state index in [1.807, 2.05) is 0 Å². The number of hydrogen-bond acceptors (Lipinski definition) is 4. The highest BCUT2D eigenvalue weighted by Crippen LogP contribution is 1.79. The van der Waals surface area contributed by atoms with Crippen molar-refractivity contribution in [1.82, 2.24) is 19.9 Å². The molecule has 0 radical (unpaired) electrons. The van der Waals surface area contributed by atoms with E-state index in [0.717, 1.165) is 0 Å². The molecule has 0 amide bonds. The van der Waals surface area contributed by atoms with E-state index in [0.29, 0.717) is 0 Å². The number of rotatable bonds is 4. The molecule has 0 bridgehead atoms. The fourth-order valence-corrected chi connectivity index (χ4v) is 0.794. The van der Waals surface area contributed by atoms with Crippen LogP contribution in [-0.4, -0.2) is 27.6 Å². The van der Waals surface area contributed by atoms with Crippen molar-refractivity contribution in [2.45, 2.75) is 0 Å². The van der Waals surface area contributed by atoms with Crippen molar-refractivity contribution in [3.05, 3.63) is 36.9 Å². The Balaban J connectivity index is 1.76. The second kappa shape index (κ2) is 3.66. The van der Waals surface area contributed by atoms with E-state index < -0.39 is 0 Å². The maximum absolute atomic E-state index is 5.04. The minimum absolute atomic E-state index is 0.0589. The molecular weight excluding hydrogens is 171 g/mol. The van der Waals surface area contributed by atoms with E-state index in [2.05, 4.69) is 10.2 Å². The molecule has 0 unspecified atom stereocenters. The second-order valence-electron chi connectivity index (χ2n) is 2.19. The Morgan fingerprint density at radius 1 is 0.923 bits per heavy atom. The number of nitrogens with zero attached hydrogens (tertiary/aromatic N) is 4. The van der Waals surface area contributed by atoms with Gasteiger partial charge in [-0.1, -0.05) is 0 Å². The summed E-state index contributed by atoms with van der Waals surface area (Å²) in [5.41, 5.74) is 0. The maximum Gasteiger partial charge on any atom is 0.620 e. The molecule has 7 heteroatoms. The van der Waals surface area contributed by atoms with E-state index >= 15 is 0 Å². The molecule has 0 aliphatic rings. The lowest BCUT2D eigenvalue weighted by molar-refractivity contribution is 0.150. The molecule has 2 heterocycles. The van der Waals surface area contributed by atoms with Crippen LogP contribution in [0.1, 0.15) is 0 Å². The van der Waals surface area contributed by atoms with E-state index in [-0.39, 0.29) is 7.69 Å².